The first-order chi connectivity index (χ1) is 8.89. The molecule has 1 amide bonds. The van der Waals surface area contributed by atoms with Gasteiger partial charge in [-0.2, -0.15) is 8.42 Å². The summed E-state index contributed by atoms with van der Waals surface area (Å²) in [5.74, 6) is -1.20. The van der Waals surface area contributed by atoms with Gasteiger partial charge in [-0.15, -0.1) is 3.89 Å². The molecule has 0 bridgehead atoms. The number of rotatable bonds is 4. The van der Waals surface area contributed by atoms with Gasteiger partial charge in [0.2, 0.25) is 5.91 Å². The summed E-state index contributed by atoms with van der Waals surface area (Å²) in [6.07, 6.45) is 0.942. The van der Waals surface area contributed by atoms with Crippen LogP contribution in [0.1, 0.15) is 18.9 Å². The molecule has 0 aliphatic carbocycles. The van der Waals surface area contributed by atoms with Gasteiger partial charge in [0.05, 0.1) is 5.75 Å². The van der Waals surface area contributed by atoms with E-state index in [1.807, 2.05) is 31.2 Å². The molecule has 1 aromatic rings. The van der Waals surface area contributed by atoms with Crippen LogP contribution >= 0.6 is 0 Å². The van der Waals surface area contributed by atoms with Crippen molar-refractivity contribution in [3.63, 3.8) is 0 Å². The predicted octanol–water partition coefficient (Wildman–Crippen LogP) is 1.90. The normalized spacial score (nSPS) is 20.0. The van der Waals surface area contributed by atoms with Crippen LogP contribution in [0, 0.1) is 5.92 Å². The van der Waals surface area contributed by atoms with Crippen molar-refractivity contribution in [1.82, 2.24) is 0 Å². The first-order valence-corrected chi connectivity index (χ1v) is 7.76. The van der Waals surface area contributed by atoms with Crippen LogP contribution in [0.25, 0.3) is 0 Å². The Kier molecular flexibility index (Phi) is 3.89. The van der Waals surface area contributed by atoms with Gasteiger partial charge in [-0.05, 0) is 24.1 Å². The highest BCUT2D eigenvalue weighted by atomic mass is 32.3. The third-order valence-electron chi connectivity index (χ3n) is 3.27. The molecule has 1 heterocycles. The lowest BCUT2D eigenvalue weighted by molar-refractivity contribution is -0.117. The lowest BCUT2D eigenvalue weighted by atomic mass is 10.1. The summed E-state index contributed by atoms with van der Waals surface area (Å²) in [7, 11) is -4.53. The molecule has 1 aliphatic rings. The fourth-order valence-electron chi connectivity index (χ4n) is 2.37. The highest BCUT2D eigenvalue weighted by molar-refractivity contribution is 7.86. The minimum atomic E-state index is -4.53. The Labute approximate surface area is 112 Å². The SMILES string of the molecule is CCc1cccc(N2CC(CS(=O)(=O)F)CC2=O)c1. The minimum Gasteiger partial charge on any atom is -0.312 e. The van der Waals surface area contributed by atoms with Crippen molar-refractivity contribution in [2.45, 2.75) is 19.8 Å². The summed E-state index contributed by atoms with van der Waals surface area (Å²) in [5.41, 5.74) is 1.86. The smallest absolute Gasteiger partial charge is 0.302 e. The Morgan fingerprint density at radius 3 is 2.79 bits per heavy atom. The Balaban J connectivity index is 2.15. The maximum Gasteiger partial charge on any atom is 0.302 e. The van der Waals surface area contributed by atoms with E-state index in [-0.39, 0.29) is 18.9 Å². The molecular formula is C13H16FNO3S. The maximum atomic E-state index is 12.7. The standard InChI is InChI=1S/C13H16FNO3S/c1-2-10-4-3-5-12(6-10)15-8-11(7-13(15)16)9-19(14,17)18/h3-6,11H,2,7-9H2,1H3. The number of nitrogens with zero attached hydrogens (tertiary/aromatic N) is 1. The fraction of sp³-hybridized carbons (Fsp3) is 0.462. The van der Waals surface area contributed by atoms with E-state index in [1.165, 1.54) is 4.90 Å². The third kappa shape index (κ3) is 3.53. The van der Waals surface area contributed by atoms with Crippen molar-refractivity contribution in [3.8, 4) is 0 Å². The van der Waals surface area contributed by atoms with Crippen LogP contribution in [-0.2, 0) is 21.4 Å². The van der Waals surface area contributed by atoms with E-state index in [9.17, 15) is 17.1 Å². The van der Waals surface area contributed by atoms with E-state index >= 15 is 0 Å². The summed E-state index contributed by atoms with van der Waals surface area (Å²) >= 11 is 0. The van der Waals surface area contributed by atoms with E-state index in [4.69, 9.17) is 0 Å². The van der Waals surface area contributed by atoms with Crippen molar-refractivity contribution >= 4 is 21.8 Å². The van der Waals surface area contributed by atoms with Gasteiger partial charge in [0, 0.05) is 24.6 Å². The Hall–Kier alpha value is -1.43. The molecule has 104 valence electrons. The van der Waals surface area contributed by atoms with Gasteiger partial charge in [-0.1, -0.05) is 19.1 Å². The van der Waals surface area contributed by atoms with Crippen LogP contribution in [0.3, 0.4) is 0 Å². The van der Waals surface area contributed by atoms with Crippen LogP contribution in [0.15, 0.2) is 24.3 Å². The van der Waals surface area contributed by atoms with Crippen molar-refractivity contribution < 1.29 is 17.1 Å². The van der Waals surface area contributed by atoms with Crippen molar-refractivity contribution in [3.05, 3.63) is 29.8 Å². The number of anilines is 1. The van der Waals surface area contributed by atoms with E-state index < -0.39 is 21.9 Å². The van der Waals surface area contributed by atoms with Crippen molar-refractivity contribution in [2.75, 3.05) is 17.2 Å². The zero-order valence-electron chi connectivity index (χ0n) is 10.7. The predicted molar refractivity (Wildman–Crippen MR) is 71.2 cm³/mol. The number of hydrogen-bond acceptors (Lipinski definition) is 3. The van der Waals surface area contributed by atoms with Gasteiger partial charge >= 0.3 is 10.2 Å². The Morgan fingerprint density at radius 1 is 1.42 bits per heavy atom. The number of halogens is 1. The van der Waals surface area contributed by atoms with Crippen molar-refractivity contribution in [1.29, 1.82) is 0 Å². The van der Waals surface area contributed by atoms with E-state index in [0.29, 0.717) is 0 Å². The average molecular weight is 285 g/mol. The molecule has 4 nitrogen and oxygen atoms in total. The zero-order chi connectivity index (χ0) is 14.0. The van der Waals surface area contributed by atoms with Gasteiger partial charge in [-0.25, -0.2) is 0 Å². The molecule has 1 aromatic carbocycles. The summed E-state index contributed by atoms with van der Waals surface area (Å²) in [4.78, 5) is 13.4. The average Bonchev–Trinajstić information content (AvgIpc) is 2.68. The van der Waals surface area contributed by atoms with Gasteiger partial charge < -0.3 is 4.90 Å². The monoisotopic (exact) mass is 285 g/mol. The summed E-state index contributed by atoms with van der Waals surface area (Å²) in [6, 6.07) is 7.54. The first-order valence-electron chi connectivity index (χ1n) is 6.20. The second kappa shape index (κ2) is 5.28. The topological polar surface area (TPSA) is 54.5 Å². The summed E-state index contributed by atoms with van der Waals surface area (Å²) in [6.45, 7) is 2.28. The highest BCUT2D eigenvalue weighted by Crippen LogP contribution is 2.27. The summed E-state index contributed by atoms with van der Waals surface area (Å²) in [5, 5.41) is 0. The molecule has 0 saturated carbocycles. The minimum absolute atomic E-state index is 0.0828. The van der Waals surface area contributed by atoms with Gasteiger partial charge in [0.25, 0.3) is 0 Å². The van der Waals surface area contributed by atoms with Crippen LogP contribution in [0.5, 0.6) is 0 Å². The number of hydrogen-bond donors (Lipinski definition) is 0. The maximum absolute atomic E-state index is 12.7. The molecule has 0 radical (unpaired) electrons. The first kappa shape index (κ1) is 14.0. The lowest BCUT2D eigenvalue weighted by Crippen LogP contribution is -2.25. The molecular weight excluding hydrogens is 269 g/mol. The molecule has 2 rings (SSSR count). The number of amides is 1. The molecule has 0 spiro atoms. The second-order valence-electron chi connectivity index (χ2n) is 4.80. The van der Waals surface area contributed by atoms with Gasteiger partial charge in [0.15, 0.2) is 0 Å². The molecule has 1 unspecified atom stereocenters. The van der Waals surface area contributed by atoms with Crippen molar-refractivity contribution in [2.24, 2.45) is 5.92 Å². The van der Waals surface area contributed by atoms with E-state index in [1.54, 1.807) is 0 Å². The van der Waals surface area contributed by atoms with Gasteiger partial charge in [0.1, 0.15) is 0 Å². The van der Waals surface area contributed by atoms with Crippen LogP contribution in [0.4, 0.5) is 9.57 Å². The number of carbonyl (C=O) groups excluding carboxylic acids is 1. The quantitative estimate of drug-likeness (QED) is 0.794. The molecule has 0 N–H and O–H groups in total. The Bertz CT molecular complexity index is 585. The molecule has 1 fully saturated rings. The molecule has 1 atom stereocenters. The third-order valence-corrected chi connectivity index (χ3v) is 4.14. The fourth-order valence-corrected chi connectivity index (χ4v) is 3.15. The molecule has 1 aliphatic heterocycles. The Morgan fingerprint density at radius 2 is 2.16 bits per heavy atom. The van der Waals surface area contributed by atoms with Crippen LogP contribution < -0.4 is 4.90 Å². The van der Waals surface area contributed by atoms with E-state index in [2.05, 4.69) is 0 Å². The second-order valence-corrected chi connectivity index (χ2v) is 6.21. The molecule has 0 aromatic heterocycles. The largest absolute Gasteiger partial charge is 0.312 e. The summed E-state index contributed by atoms with van der Waals surface area (Å²) < 4.78 is 33.9. The van der Waals surface area contributed by atoms with Gasteiger partial charge in [-0.3, -0.25) is 4.79 Å². The number of benzene rings is 1. The van der Waals surface area contributed by atoms with E-state index in [0.717, 1.165) is 17.7 Å². The highest BCUT2D eigenvalue weighted by Gasteiger charge is 2.33. The lowest BCUT2D eigenvalue weighted by Gasteiger charge is -2.17. The number of aryl methyl sites for hydroxylation is 1. The number of carbonyl (C=O) groups is 1. The molecule has 19 heavy (non-hydrogen) atoms. The molecule has 1 saturated heterocycles. The molecule has 6 heteroatoms. The van der Waals surface area contributed by atoms with Crippen LogP contribution in [-0.4, -0.2) is 26.6 Å². The zero-order valence-corrected chi connectivity index (χ0v) is 11.5. The van der Waals surface area contributed by atoms with Crippen LogP contribution in [0.2, 0.25) is 0 Å².